The van der Waals surface area contributed by atoms with Gasteiger partial charge in [-0.05, 0) is 44.0 Å². The molecule has 0 spiro atoms. The number of likely N-dealkylation sites (tertiary alicyclic amines) is 1. The molecule has 0 aromatic heterocycles. The largest absolute Gasteiger partial charge is 0.494 e. The Balaban J connectivity index is 1.67. The minimum Gasteiger partial charge on any atom is -0.494 e. The summed E-state index contributed by atoms with van der Waals surface area (Å²) >= 11 is 1.36. The molecule has 1 fully saturated rings. The van der Waals surface area contributed by atoms with Crippen LogP contribution in [0.4, 0.5) is 5.69 Å². The fraction of sp³-hybridized carbons (Fsp3) is 0.500. The number of hydrogen-bond donors (Lipinski definition) is 1. The summed E-state index contributed by atoms with van der Waals surface area (Å²) in [6.07, 6.45) is 2.18. The highest BCUT2D eigenvalue weighted by atomic mass is 32.2. The van der Waals surface area contributed by atoms with Crippen LogP contribution in [0.1, 0.15) is 19.8 Å². The maximum absolute atomic E-state index is 11.8. The van der Waals surface area contributed by atoms with Gasteiger partial charge >= 0.3 is 0 Å². The van der Waals surface area contributed by atoms with Crippen molar-refractivity contribution in [1.29, 1.82) is 0 Å². The molecule has 0 unspecified atom stereocenters. The minimum absolute atomic E-state index is 0.0941. The molecule has 2 amide bonds. The van der Waals surface area contributed by atoms with E-state index >= 15 is 0 Å². The SMILES string of the molecule is CCOc1ccc(NC(=O)CSCC(=O)N2CCCC2)cc1. The van der Waals surface area contributed by atoms with Crippen molar-refractivity contribution in [2.75, 3.05) is 36.5 Å². The first-order chi connectivity index (χ1) is 10.7. The lowest BCUT2D eigenvalue weighted by molar-refractivity contribution is -0.127. The Kier molecular flexibility index (Phi) is 6.58. The van der Waals surface area contributed by atoms with Crippen LogP contribution in [0.5, 0.6) is 5.75 Å². The summed E-state index contributed by atoms with van der Waals surface area (Å²) < 4.78 is 5.35. The Labute approximate surface area is 135 Å². The van der Waals surface area contributed by atoms with Crippen LogP contribution in [0, 0.1) is 0 Å². The van der Waals surface area contributed by atoms with Gasteiger partial charge in [0.1, 0.15) is 5.75 Å². The average Bonchev–Trinajstić information content (AvgIpc) is 3.04. The smallest absolute Gasteiger partial charge is 0.234 e. The molecule has 0 radical (unpaired) electrons. The van der Waals surface area contributed by atoms with Crippen molar-refractivity contribution in [3.63, 3.8) is 0 Å². The molecule has 1 aliphatic heterocycles. The number of thioether (sulfide) groups is 1. The summed E-state index contributed by atoms with van der Waals surface area (Å²) in [7, 11) is 0. The molecule has 1 aromatic carbocycles. The average molecular weight is 322 g/mol. The van der Waals surface area contributed by atoms with Gasteiger partial charge in [-0.25, -0.2) is 0 Å². The lowest BCUT2D eigenvalue weighted by atomic mass is 10.3. The molecular formula is C16H22N2O3S. The van der Waals surface area contributed by atoms with E-state index in [0.717, 1.165) is 37.4 Å². The Morgan fingerprint density at radius 1 is 1.18 bits per heavy atom. The van der Waals surface area contributed by atoms with E-state index in [1.165, 1.54) is 11.8 Å². The van der Waals surface area contributed by atoms with Gasteiger partial charge in [0.05, 0.1) is 18.1 Å². The second kappa shape index (κ2) is 8.68. The van der Waals surface area contributed by atoms with E-state index in [4.69, 9.17) is 4.74 Å². The normalized spacial score (nSPS) is 14.0. The van der Waals surface area contributed by atoms with Crippen molar-refractivity contribution in [2.45, 2.75) is 19.8 Å². The zero-order chi connectivity index (χ0) is 15.8. The fourth-order valence-corrected chi connectivity index (χ4v) is 3.00. The molecular weight excluding hydrogens is 300 g/mol. The van der Waals surface area contributed by atoms with E-state index < -0.39 is 0 Å². The third-order valence-corrected chi connectivity index (χ3v) is 4.28. The van der Waals surface area contributed by atoms with Crippen LogP contribution in [0.15, 0.2) is 24.3 Å². The molecule has 1 N–H and O–H groups in total. The molecule has 1 saturated heterocycles. The quantitative estimate of drug-likeness (QED) is 0.837. The van der Waals surface area contributed by atoms with Crippen LogP contribution >= 0.6 is 11.8 Å². The fourth-order valence-electron chi connectivity index (χ4n) is 2.29. The van der Waals surface area contributed by atoms with Crippen LogP contribution in [0.2, 0.25) is 0 Å². The van der Waals surface area contributed by atoms with E-state index in [9.17, 15) is 9.59 Å². The number of hydrogen-bond acceptors (Lipinski definition) is 4. The zero-order valence-electron chi connectivity index (χ0n) is 12.8. The lowest BCUT2D eigenvalue weighted by Gasteiger charge is -2.14. The molecule has 22 heavy (non-hydrogen) atoms. The predicted octanol–water partition coefficient (Wildman–Crippen LogP) is 2.38. The predicted molar refractivity (Wildman–Crippen MR) is 89.4 cm³/mol. The highest BCUT2D eigenvalue weighted by Crippen LogP contribution is 2.16. The summed E-state index contributed by atoms with van der Waals surface area (Å²) in [6, 6.07) is 7.26. The van der Waals surface area contributed by atoms with Crippen molar-refractivity contribution in [3.05, 3.63) is 24.3 Å². The minimum atomic E-state index is -0.0941. The standard InChI is InChI=1S/C16H22N2O3S/c1-2-21-14-7-5-13(6-8-14)17-15(19)11-22-12-16(20)18-9-3-4-10-18/h5-8H,2-4,9-12H2,1H3,(H,17,19). The molecule has 1 heterocycles. The summed E-state index contributed by atoms with van der Waals surface area (Å²) in [5.41, 5.74) is 0.736. The Bertz CT molecular complexity index is 499. The summed E-state index contributed by atoms with van der Waals surface area (Å²) in [5.74, 6) is 1.48. The van der Waals surface area contributed by atoms with Gasteiger partial charge in [-0.2, -0.15) is 0 Å². The Hall–Kier alpha value is -1.69. The molecule has 0 atom stereocenters. The van der Waals surface area contributed by atoms with Crippen molar-refractivity contribution in [2.24, 2.45) is 0 Å². The van der Waals surface area contributed by atoms with E-state index in [0.29, 0.717) is 12.4 Å². The molecule has 0 aliphatic carbocycles. The monoisotopic (exact) mass is 322 g/mol. The third-order valence-electron chi connectivity index (χ3n) is 3.37. The van der Waals surface area contributed by atoms with Gasteiger partial charge in [0, 0.05) is 18.8 Å². The van der Waals surface area contributed by atoms with Gasteiger partial charge in [-0.3, -0.25) is 9.59 Å². The number of nitrogens with zero attached hydrogens (tertiary/aromatic N) is 1. The van der Waals surface area contributed by atoms with Crippen molar-refractivity contribution in [1.82, 2.24) is 4.90 Å². The number of ether oxygens (including phenoxy) is 1. The second-order valence-corrected chi connectivity index (χ2v) is 6.07. The number of rotatable bonds is 7. The van der Waals surface area contributed by atoms with Gasteiger partial charge in [0.25, 0.3) is 0 Å². The first-order valence-electron chi connectivity index (χ1n) is 7.57. The first-order valence-corrected chi connectivity index (χ1v) is 8.72. The number of carbonyl (C=O) groups is 2. The second-order valence-electron chi connectivity index (χ2n) is 5.09. The number of amides is 2. The van der Waals surface area contributed by atoms with Crippen molar-refractivity contribution >= 4 is 29.3 Å². The zero-order valence-corrected chi connectivity index (χ0v) is 13.7. The maximum Gasteiger partial charge on any atom is 0.234 e. The van der Waals surface area contributed by atoms with Gasteiger partial charge in [0.2, 0.25) is 11.8 Å². The highest BCUT2D eigenvalue weighted by molar-refractivity contribution is 8.00. The van der Waals surface area contributed by atoms with E-state index in [-0.39, 0.29) is 17.6 Å². The van der Waals surface area contributed by atoms with Gasteiger partial charge in [-0.1, -0.05) is 0 Å². The molecule has 120 valence electrons. The van der Waals surface area contributed by atoms with E-state index in [2.05, 4.69) is 5.32 Å². The maximum atomic E-state index is 11.8. The molecule has 0 saturated carbocycles. The van der Waals surface area contributed by atoms with Crippen molar-refractivity contribution in [3.8, 4) is 5.75 Å². The van der Waals surface area contributed by atoms with Gasteiger partial charge in [0.15, 0.2) is 0 Å². The summed E-state index contributed by atoms with van der Waals surface area (Å²) in [4.78, 5) is 25.6. The molecule has 0 bridgehead atoms. The van der Waals surface area contributed by atoms with Crippen LogP contribution < -0.4 is 10.1 Å². The van der Waals surface area contributed by atoms with Crippen molar-refractivity contribution < 1.29 is 14.3 Å². The molecule has 1 aliphatic rings. The van der Waals surface area contributed by atoms with Crippen LogP contribution in [0.25, 0.3) is 0 Å². The summed E-state index contributed by atoms with van der Waals surface area (Å²) in [5, 5.41) is 2.81. The molecule has 2 rings (SSSR count). The van der Waals surface area contributed by atoms with Crippen LogP contribution in [-0.4, -0.2) is 47.9 Å². The van der Waals surface area contributed by atoms with Crippen LogP contribution in [-0.2, 0) is 9.59 Å². The molecule has 1 aromatic rings. The number of anilines is 1. The topological polar surface area (TPSA) is 58.6 Å². The van der Waals surface area contributed by atoms with Gasteiger partial charge < -0.3 is 15.0 Å². The summed E-state index contributed by atoms with van der Waals surface area (Å²) in [6.45, 7) is 4.26. The number of benzene rings is 1. The Morgan fingerprint density at radius 3 is 2.50 bits per heavy atom. The van der Waals surface area contributed by atoms with E-state index in [1.807, 2.05) is 36.1 Å². The highest BCUT2D eigenvalue weighted by Gasteiger charge is 2.17. The number of nitrogens with one attached hydrogen (secondary N) is 1. The molecule has 6 heteroatoms. The lowest BCUT2D eigenvalue weighted by Crippen LogP contribution is -2.29. The first kappa shape index (κ1) is 16.7. The van der Waals surface area contributed by atoms with E-state index in [1.54, 1.807) is 0 Å². The third kappa shape index (κ3) is 5.26. The Morgan fingerprint density at radius 2 is 1.86 bits per heavy atom. The molecule has 5 nitrogen and oxygen atoms in total. The van der Waals surface area contributed by atoms with Gasteiger partial charge in [-0.15, -0.1) is 11.8 Å². The van der Waals surface area contributed by atoms with Crippen LogP contribution in [0.3, 0.4) is 0 Å². The number of carbonyl (C=O) groups excluding carboxylic acids is 2.